The van der Waals surface area contributed by atoms with Gasteiger partial charge in [0.25, 0.3) is 5.91 Å². The number of rotatable bonds is 5. The van der Waals surface area contributed by atoms with E-state index in [1.54, 1.807) is 0 Å². The summed E-state index contributed by atoms with van der Waals surface area (Å²) < 4.78 is 6.17. The lowest BCUT2D eigenvalue weighted by molar-refractivity contribution is -0.148. The Morgan fingerprint density at radius 1 is 1.33 bits per heavy atom. The van der Waals surface area contributed by atoms with Crippen molar-refractivity contribution in [3.63, 3.8) is 0 Å². The van der Waals surface area contributed by atoms with Crippen molar-refractivity contribution < 1.29 is 14.3 Å². The third-order valence-electron chi connectivity index (χ3n) is 3.76. The van der Waals surface area contributed by atoms with Crippen LogP contribution in [-0.4, -0.2) is 18.5 Å². The number of ether oxygens (including phenoxy) is 1. The third kappa shape index (κ3) is 5.30. The Labute approximate surface area is 138 Å². The van der Waals surface area contributed by atoms with E-state index in [9.17, 15) is 9.59 Å². The highest BCUT2D eigenvalue weighted by Crippen LogP contribution is 2.27. The topological polar surface area (TPSA) is 55.4 Å². The highest BCUT2D eigenvalue weighted by molar-refractivity contribution is 14.1. The van der Waals surface area contributed by atoms with Crippen LogP contribution in [0.25, 0.3) is 0 Å². The first kappa shape index (κ1) is 16.3. The summed E-state index contributed by atoms with van der Waals surface area (Å²) in [5, 5.41) is 2.77. The van der Waals surface area contributed by atoms with E-state index in [1.165, 1.54) is 12.8 Å². The molecule has 0 aliphatic heterocycles. The molecular weight excluding hydrogens is 381 g/mol. The number of hydrogen-bond acceptors (Lipinski definition) is 3. The van der Waals surface area contributed by atoms with E-state index in [4.69, 9.17) is 4.74 Å². The third-order valence-corrected chi connectivity index (χ3v) is 4.43. The Morgan fingerprint density at radius 2 is 2.05 bits per heavy atom. The van der Waals surface area contributed by atoms with Gasteiger partial charge >= 0.3 is 5.97 Å². The second-order valence-corrected chi connectivity index (χ2v) is 6.77. The average Bonchev–Trinajstić information content (AvgIpc) is 2.92. The second-order valence-electron chi connectivity index (χ2n) is 5.52. The molecule has 0 atom stereocenters. The van der Waals surface area contributed by atoms with Crippen molar-refractivity contribution in [2.45, 2.75) is 39.0 Å². The van der Waals surface area contributed by atoms with E-state index in [1.807, 2.05) is 25.1 Å². The van der Waals surface area contributed by atoms with Crippen molar-refractivity contribution in [3.8, 4) is 0 Å². The fourth-order valence-electron chi connectivity index (χ4n) is 2.61. The summed E-state index contributed by atoms with van der Waals surface area (Å²) in [6.45, 7) is 1.72. The number of carbonyl (C=O) groups excluding carboxylic acids is 2. The molecule has 0 bridgehead atoms. The van der Waals surface area contributed by atoms with Crippen molar-refractivity contribution in [1.82, 2.24) is 0 Å². The van der Waals surface area contributed by atoms with Crippen LogP contribution in [0.15, 0.2) is 18.2 Å². The maximum absolute atomic E-state index is 11.8. The van der Waals surface area contributed by atoms with Crippen LogP contribution in [-0.2, 0) is 14.3 Å². The Kier molecular flexibility index (Phi) is 6.02. The van der Waals surface area contributed by atoms with Crippen LogP contribution in [0.4, 0.5) is 5.69 Å². The van der Waals surface area contributed by atoms with Gasteiger partial charge in [-0.05, 0) is 72.0 Å². The lowest BCUT2D eigenvalue weighted by Gasteiger charge is -2.11. The van der Waals surface area contributed by atoms with Crippen LogP contribution in [0.5, 0.6) is 0 Å². The van der Waals surface area contributed by atoms with Gasteiger partial charge < -0.3 is 10.1 Å². The second kappa shape index (κ2) is 7.77. The number of benzene rings is 1. The minimum absolute atomic E-state index is 0.211. The molecule has 1 saturated carbocycles. The van der Waals surface area contributed by atoms with Gasteiger partial charge in [0.05, 0.1) is 0 Å². The molecule has 0 radical (unpaired) electrons. The highest BCUT2D eigenvalue weighted by atomic mass is 127. The molecule has 1 N–H and O–H groups in total. The molecule has 21 heavy (non-hydrogen) atoms. The number of anilines is 1. The first-order valence-corrected chi connectivity index (χ1v) is 8.34. The monoisotopic (exact) mass is 401 g/mol. The Hall–Kier alpha value is -1.11. The number of aryl methyl sites for hydroxylation is 1. The summed E-state index contributed by atoms with van der Waals surface area (Å²) in [5.41, 5.74) is 1.75. The highest BCUT2D eigenvalue weighted by Gasteiger charge is 2.19. The molecule has 1 aliphatic rings. The number of nitrogens with one attached hydrogen (secondary N) is 1. The normalized spacial score (nSPS) is 15.0. The van der Waals surface area contributed by atoms with Crippen molar-refractivity contribution in [2.24, 2.45) is 5.92 Å². The van der Waals surface area contributed by atoms with Gasteiger partial charge in [-0.3, -0.25) is 9.59 Å². The number of halogens is 1. The lowest BCUT2D eigenvalue weighted by atomic mass is 10.1. The van der Waals surface area contributed by atoms with Crippen LogP contribution < -0.4 is 5.32 Å². The Bertz CT molecular complexity index is 524. The average molecular weight is 401 g/mol. The smallest absolute Gasteiger partial charge is 0.306 e. The molecule has 1 fully saturated rings. The molecule has 2 rings (SSSR count). The summed E-state index contributed by atoms with van der Waals surface area (Å²) in [6.07, 6.45) is 5.04. The van der Waals surface area contributed by atoms with E-state index < -0.39 is 0 Å². The summed E-state index contributed by atoms with van der Waals surface area (Å²) in [7, 11) is 0. The molecule has 0 unspecified atom stereocenters. The minimum atomic E-state index is -0.293. The zero-order valence-electron chi connectivity index (χ0n) is 12.2. The molecule has 114 valence electrons. The number of carbonyl (C=O) groups is 2. The molecule has 1 aliphatic carbocycles. The molecule has 0 saturated heterocycles. The predicted molar refractivity (Wildman–Crippen MR) is 90.1 cm³/mol. The van der Waals surface area contributed by atoms with Gasteiger partial charge in [-0.2, -0.15) is 0 Å². The minimum Gasteiger partial charge on any atom is -0.456 e. The Balaban J connectivity index is 1.75. The van der Waals surface area contributed by atoms with Gasteiger partial charge in [-0.1, -0.05) is 12.8 Å². The molecule has 4 nitrogen and oxygen atoms in total. The van der Waals surface area contributed by atoms with Crippen molar-refractivity contribution in [2.75, 3.05) is 11.9 Å². The van der Waals surface area contributed by atoms with Crippen LogP contribution in [0, 0.1) is 16.4 Å². The van der Waals surface area contributed by atoms with Crippen molar-refractivity contribution in [1.29, 1.82) is 0 Å². The summed E-state index contributed by atoms with van der Waals surface area (Å²) in [4.78, 5) is 23.5. The van der Waals surface area contributed by atoms with Crippen LogP contribution in [0.1, 0.15) is 37.7 Å². The summed E-state index contributed by atoms with van der Waals surface area (Å²) in [6, 6.07) is 5.77. The Morgan fingerprint density at radius 3 is 2.71 bits per heavy atom. The number of esters is 1. The summed E-state index contributed by atoms with van der Waals surface area (Å²) in [5.74, 6) is -0.116. The predicted octanol–water partition coefficient (Wildman–Crippen LogP) is 3.66. The first-order chi connectivity index (χ1) is 10.0. The van der Waals surface area contributed by atoms with Crippen molar-refractivity contribution in [3.05, 3.63) is 27.3 Å². The van der Waals surface area contributed by atoms with Gasteiger partial charge in [0.15, 0.2) is 6.61 Å². The molecular formula is C16H20INO3. The fraction of sp³-hybridized carbons (Fsp3) is 0.500. The fourth-order valence-corrected chi connectivity index (χ4v) is 3.26. The molecule has 0 spiro atoms. The zero-order chi connectivity index (χ0) is 15.2. The standard InChI is InChI=1S/C16H20INO3/c1-11-8-13(17)6-7-14(11)18-15(19)10-21-16(20)9-12-4-2-3-5-12/h6-8,12H,2-5,9-10H2,1H3,(H,18,19). The largest absolute Gasteiger partial charge is 0.456 e. The van der Waals surface area contributed by atoms with Gasteiger partial charge in [-0.25, -0.2) is 0 Å². The SMILES string of the molecule is Cc1cc(I)ccc1NC(=O)COC(=O)CC1CCCC1. The van der Waals surface area contributed by atoms with E-state index in [2.05, 4.69) is 27.9 Å². The van der Waals surface area contributed by atoms with E-state index in [0.29, 0.717) is 12.3 Å². The van der Waals surface area contributed by atoms with Gasteiger partial charge in [0.1, 0.15) is 0 Å². The molecule has 0 aromatic heterocycles. The lowest BCUT2D eigenvalue weighted by Crippen LogP contribution is -2.22. The van der Waals surface area contributed by atoms with Gasteiger partial charge in [0.2, 0.25) is 0 Å². The molecule has 1 aromatic rings. The summed E-state index contributed by atoms with van der Waals surface area (Å²) >= 11 is 2.22. The van der Waals surface area contributed by atoms with Crippen LogP contribution in [0.2, 0.25) is 0 Å². The van der Waals surface area contributed by atoms with Crippen LogP contribution >= 0.6 is 22.6 Å². The first-order valence-electron chi connectivity index (χ1n) is 7.26. The van der Waals surface area contributed by atoms with Gasteiger partial charge in [0, 0.05) is 15.7 Å². The quantitative estimate of drug-likeness (QED) is 0.605. The zero-order valence-corrected chi connectivity index (χ0v) is 14.3. The molecule has 5 heteroatoms. The number of hydrogen-bond donors (Lipinski definition) is 1. The maximum Gasteiger partial charge on any atom is 0.306 e. The van der Waals surface area contributed by atoms with Gasteiger partial charge in [-0.15, -0.1) is 0 Å². The molecule has 1 aromatic carbocycles. The van der Waals surface area contributed by atoms with Crippen molar-refractivity contribution >= 4 is 40.2 Å². The van der Waals surface area contributed by atoms with E-state index in [0.717, 1.165) is 27.7 Å². The number of amides is 1. The molecule has 0 heterocycles. The van der Waals surface area contributed by atoms with Crippen LogP contribution in [0.3, 0.4) is 0 Å². The van der Waals surface area contributed by atoms with E-state index >= 15 is 0 Å². The van der Waals surface area contributed by atoms with E-state index in [-0.39, 0.29) is 18.5 Å². The maximum atomic E-state index is 11.8. The molecule has 1 amide bonds.